The first kappa shape index (κ1) is 19.4. The first-order valence-electron chi connectivity index (χ1n) is 8.94. The van der Waals surface area contributed by atoms with Crippen LogP contribution in [0.1, 0.15) is 36.8 Å². The Morgan fingerprint density at radius 2 is 1.64 bits per heavy atom. The van der Waals surface area contributed by atoms with Crippen LogP contribution >= 0.6 is 0 Å². The van der Waals surface area contributed by atoms with Crippen molar-refractivity contribution in [3.63, 3.8) is 0 Å². The second-order valence-corrected chi connectivity index (χ2v) is 6.85. The van der Waals surface area contributed by atoms with Crippen LogP contribution in [0.15, 0.2) is 24.3 Å². The number of carboxylic acid groups (broad SMARTS) is 2. The van der Waals surface area contributed by atoms with Gasteiger partial charge in [-0.3, -0.25) is 4.90 Å². The minimum Gasteiger partial charge on any atom is -0.473 e. The zero-order valence-corrected chi connectivity index (χ0v) is 14.9. The summed E-state index contributed by atoms with van der Waals surface area (Å²) in [4.78, 5) is 23.6. The van der Waals surface area contributed by atoms with E-state index in [2.05, 4.69) is 41.0 Å². The topological polar surface area (TPSA) is 81.1 Å². The van der Waals surface area contributed by atoms with E-state index in [0.29, 0.717) is 0 Å². The first-order chi connectivity index (χ1) is 12.0. The van der Waals surface area contributed by atoms with E-state index in [0.717, 1.165) is 12.6 Å². The zero-order chi connectivity index (χ0) is 18.2. The molecule has 25 heavy (non-hydrogen) atoms. The Morgan fingerprint density at radius 1 is 1.04 bits per heavy atom. The Balaban J connectivity index is 0.000000326. The third-order valence-corrected chi connectivity index (χ3v) is 4.89. The number of piperidine rings is 1. The largest absolute Gasteiger partial charge is 0.473 e. The number of carbonyl (C=O) groups is 2. The Bertz CT molecular complexity index is 565. The second-order valence-electron chi connectivity index (χ2n) is 6.85. The van der Waals surface area contributed by atoms with Crippen LogP contribution in [-0.2, 0) is 16.1 Å². The molecule has 2 saturated heterocycles. The van der Waals surface area contributed by atoms with E-state index in [-0.39, 0.29) is 0 Å². The standard InChI is InChI=1S/C17H26N2.C2H2O4/c1-15-5-4-6-16(13-15)14-18-11-7-17(8-12-18)19-9-2-3-10-19;3-1(4)2(5)6/h4-6,13,17H,2-3,7-12,14H2,1H3;(H,3,4)(H,5,6). The lowest BCUT2D eigenvalue weighted by Crippen LogP contribution is -2.43. The normalized spacial score (nSPS) is 19.2. The van der Waals surface area contributed by atoms with E-state index in [9.17, 15) is 0 Å². The van der Waals surface area contributed by atoms with E-state index in [1.54, 1.807) is 0 Å². The van der Waals surface area contributed by atoms with Gasteiger partial charge >= 0.3 is 11.9 Å². The van der Waals surface area contributed by atoms with Crippen molar-refractivity contribution >= 4 is 11.9 Å². The molecule has 2 aliphatic heterocycles. The van der Waals surface area contributed by atoms with Gasteiger partial charge in [0.2, 0.25) is 0 Å². The van der Waals surface area contributed by atoms with Crippen molar-refractivity contribution in [2.45, 2.75) is 45.2 Å². The number of benzene rings is 1. The van der Waals surface area contributed by atoms with E-state index in [4.69, 9.17) is 19.8 Å². The Morgan fingerprint density at radius 3 is 2.16 bits per heavy atom. The number of nitrogens with zero attached hydrogens (tertiary/aromatic N) is 2. The highest BCUT2D eigenvalue weighted by molar-refractivity contribution is 6.27. The van der Waals surface area contributed by atoms with Crippen LogP contribution in [0.3, 0.4) is 0 Å². The summed E-state index contributed by atoms with van der Waals surface area (Å²) in [5, 5.41) is 14.8. The van der Waals surface area contributed by atoms with Crippen molar-refractivity contribution in [3.05, 3.63) is 35.4 Å². The predicted octanol–water partition coefficient (Wildman–Crippen LogP) is 2.21. The van der Waals surface area contributed by atoms with Crippen molar-refractivity contribution in [1.29, 1.82) is 0 Å². The van der Waals surface area contributed by atoms with Gasteiger partial charge in [0.15, 0.2) is 0 Å². The van der Waals surface area contributed by atoms with Gasteiger partial charge in [0.25, 0.3) is 0 Å². The quantitative estimate of drug-likeness (QED) is 0.815. The average molecular weight is 348 g/mol. The van der Waals surface area contributed by atoms with E-state index >= 15 is 0 Å². The maximum absolute atomic E-state index is 9.10. The minimum atomic E-state index is -1.82. The number of aryl methyl sites for hydroxylation is 1. The van der Waals surface area contributed by atoms with Crippen LogP contribution < -0.4 is 0 Å². The lowest BCUT2D eigenvalue weighted by molar-refractivity contribution is -0.159. The molecule has 2 N–H and O–H groups in total. The molecule has 1 aromatic carbocycles. The van der Waals surface area contributed by atoms with Crippen LogP contribution in [0.25, 0.3) is 0 Å². The van der Waals surface area contributed by atoms with E-state index in [1.165, 1.54) is 63.0 Å². The average Bonchev–Trinajstić information content (AvgIpc) is 3.10. The molecule has 0 spiro atoms. The Kier molecular flexibility index (Phi) is 7.40. The molecule has 6 heteroatoms. The third kappa shape index (κ3) is 6.48. The molecule has 6 nitrogen and oxygen atoms in total. The van der Waals surface area contributed by atoms with Gasteiger partial charge in [0.05, 0.1) is 0 Å². The summed E-state index contributed by atoms with van der Waals surface area (Å²) in [6.07, 6.45) is 5.57. The maximum Gasteiger partial charge on any atom is 0.414 e. The molecule has 0 amide bonds. The van der Waals surface area contributed by atoms with Gasteiger partial charge < -0.3 is 15.1 Å². The van der Waals surface area contributed by atoms with Crippen LogP contribution in [-0.4, -0.2) is 64.2 Å². The van der Waals surface area contributed by atoms with Crippen LogP contribution in [0.4, 0.5) is 0 Å². The summed E-state index contributed by atoms with van der Waals surface area (Å²) < 4.78 is 0. The fourth-order valence-corrected chi connectivity index (χ4v) is 3.62. The number of rotatable bonds is 3. The number of likely N-dealkylation sites (tertiary alicyclic amines) is 2. The van der Waals surface area contributed by atoms with Crippen molar-refractivity contribution < 1.29 is 19.8 Å². The molecule has 2 heterocycles. The van der Waals surface area contributed by atoms with Crippen molar-refractivity contribution in [2.24, 2.45) is 0 Å². The molecule has 0 bridgehead atoms. The summed E-state index contributed by atoms with van der Waals surface area (Å²) in [6.45, 7) is 8.56. The van der Waals surface area contributed by atoms with Crippen LogP contribution in [0.2, 0.25) is 0 Å². The van der Waals surface area contributed by atoms with Gasteiger partial charge in [-0.1, -0.05) is 29.8 Å². The second kappa shape index (κ2) is 9.53. The molecule has 0 unspecified atom stereocenters. The lowest BCUT2D eigenvalue weighted by atomic mass is 10.0. The van der Waals surface area contributed by atoms with Crippen LogP contribution in [0, 0.1) is 6.92 Å². The number of carboxylic acids is 2. The molecular weight excluding hydrogens is 320 g/mol. The molecule has 0 atom stereocenters. The highest BCUT2D eigenvalue weighted by Gasteiger charge is 2.26. The van der Waals surface area contributed by atoms with Crippen molar-refractivity contribution in [2.75, 3.05) is 26.2 Å². The molecule has 0 aliphatic carbocycles. The summed E-state index contributed by atoms with van der Waals surface area (Å²) in [6, 6.07) is 9.83. The van der Waals surface area contributed by atoms with E-state index < -0.39 is 11.9 Å². The summed E-state index contributed by atoms with van der Waals surface area (Å²) in [5.74, 6) is -3.65. The van der Waals surface area contributed by atoms with Gasteiger partial charge in [-0.2, -0.15) is 0 Å². The Labute approximate surface area is 149 Å². The number of aliphatic carboxylic acids is 2. The highest BCUT2D eigenvalue weighted by Crippen LogP contribution is 2.22. The Hall–Kier alpha value is -1.92. The van der Waals surface area contributed by atoms with Crippen molar-refractivity contribution in [1.82, 2.24) is 9.80 Å². The summed E-state index contributed by atoms with van der Waals surface area (Å²) in [5.41, 5.74) is 2.85. The molecule has 2 aliphatic rings. The fourth-order valence-electron chi connectivity index (χ4n) is 3.62. The molecule has 0 saturated carbocycles. The summed E-state index contributed by atoms with van der Waals surface area (Å²) in [7, 11) is 0. The monoisotopic (exact) mass is 348 g/mol. The number of hydrogen-bond acceptors (Lipinski definition) is 4. The SMILES string of the molecule is Cc1cccc(CN2CCC(N3CCCC3)CC2)c1.O=C(O)C(=O)O. The lowest BCUT2D eigenvalue weighted by Gasteiger charge is -2.36. The zero-order valence-electron chi connectivity index (χ0n) is 14.9. The van der Waals surface area contributed by atoms with Crippen molar-refractivity contribution in [3.8, 4) is 0 Å². The molecule has 1 aromatic rings. The van der Waals surface area contributed by atoms with Gasteiger partial charge in [0, 0.05) is 12.6 Å². The van der Waals surface area contributed by atoms with Gasteiger partial charge in [0.1, 0.15) is 0 Å². The highest BCUT2D eigenvalue weighted by atomic mass is 16.4. The third-order valence-electron chi connectivity index (χ3n) is 4.89. The molecule has 2 fully saturated rings. The molecular formula is C19H28N2O4. The molecule has 3 rings (SSSR count). The number of hydrogen-bond donors (Lipinski definition) is 2. The predicted molar refractivity (Wildman–Crippen MR) is 95.6 cm³/mol. The fraction of sp³-hybridized carbons (Fsp3) is 0.579. The minimum absolute atomic E-state index is 0.872. The van der Waals surface area contributed by atoms with Gasteiger partial charge in [-0.05, 0) is 64.3 Å². The smallest absolute Gasteiger partial charge is 0.414 e. The first-order valence-corrected chi connectivity index (χ1v) is 8.94. The van der Waals surface area contributed by atoms with Gasteiger partial charge in [-0.15, -0.1) is 0 Å². The van der Waals surface area contributed by atoms with Crippen LogP contribution in [0.5, 0.6) is 0 Å². The molecule has 0 aromatic heterocycles. The molecule has 0 radical (unpaired) electrons. The summed E-state index contributed by atoms with van der Waals surface area (Å²) >= 11 is 0. The maximum atomic E-state index is 9.10. The molecule has 138 valence electrons. The van der Waals surface area contributed by atoms with Gasteiger partial charge in [-0.25, -0.2) is 9.59 Å². The van der Waals surface area contributed by atoms with E-state index in [1.807, 2.05) is 0 Å².